The fourth-order valence-electron chi connectivity index (χ4n) is 2.41. The molecular weight excluding hydrogens is 286 g/mol. The Morgan fingerprint density at radius 2 is 2.38 bits per heavy atom. The van der Waals surface area contributed by atoms with Crippen LogP contribution in [0.2, 0.25) is 0 Å². The van der Waals surface area contributed by atoms with E-state index in [-0.39, 0.29) is 5.91 Å². The molecule has 0 saturated carbocycles. The summed E-state index contributed by atoms with van der Waals surface area (Å²) in [4.78, 5) is 11.9. The van der Waals surface area contributed by atoms with Gasteiger partial charge in [-0.3, -0.25) is 4.79 Å². The van der Waals surface area contributed by atoms with Gasteiger partial charge in [-0.25, -0.2) is 0 Å². The number of hydrogen-bond donors (Lipinski definition) is 1. The molecule has 0 bridgehead atoms. The smallest absolute Gasteiger partial charge is 0.252 e. The Hall–Kier alpha value is -2.01. The van der Waals surface area contributed by atoms with Crippen LogP contribution in [0.3, 0.4) is 0 Å². The molecule has 21 heavy (non-hydrogen) atoms. The molecule has 5 heteroatoms. The van der Waals surface area contributed by atoms with Crippen LogP contribution in [0.15, 0.2) is 35.0 Å². The number of methoxy groups -OCH3 is 1. The van der Waals surface area contributed by atoms with Crippen molar-refractivity contribution in [2.45, 2.75) is 6.42 Å². The summed E-state index contributed by atoms with van der Waals surface area (Å²) in [5.41, 5.74) is 1.89. The summed E-state index contributed by atoms with van der Waals surface area (Å²) < 4.78 is 11.0. The maximum absolute atomic E-state index is 11.9. The molecule has 1 aromatic heterocycles. The molecule has 0 aliphatic carbocycles. The molecule has 0 saturated heterocycles. The van der Waals surface area contributed by atoms with Crippen molar-refractivity contribution in [3.63, 3.8) is 0 Å². The SMILES string of the molecule is COc1ccc2c(c1)OCC(CNC(=O)c1ccsc1)C2. The fourth-order valence-corrected chi connectivity index (χ4v) is 3.04. The predicted molar refractivity (Wildman–Crippen MR) is 82.3 cm³/mol. The van der Waals surface area contributed by atoms with E-state index in [1.54, 1.807) is 7.11 Å². The summed E-state index contributed by atoms with van der Waals surface area (Å²) in [7, 11) is 1.65. The van der Waals surface area contributed by atoms with Gasteiger partial charge in [-0.15, -0.1) is 0 Å². The average molecular weight is 303 g/mol. The molecule has 1 amide bonds. The summed E-state index contributed by atoms with van der Waals surface area (Å²) in [6, 6.07) is 7.71. The number of carbonyl (C=O) groups excluding carboxylic acids is 1. The Labute approximate surface area is 127 Å². The van der Waals surface area contributed by atoms with Crippen molar-refractivity contribution in [3.8, 4) is 11.5 Å². The monoisotopic (exact) mass is 303 g/mol. The van der Waals surface area contributed by atoms with Crippen LogP contribution in [0, 0.1) is 5.92 Å². The van der Waals surface area contributed by atoms with Crippen LogP contribution in [0.25, 0.3) is 0 Å². The summed E-state index contributed by atoms with van der Waals surface area (Å²) in [6.45, 7) is 1.24. The van der Waals surface area contributed by atoms with Gasteiger partial charge in [0, 0.05) is 29.5 Å². The van der Waals surface area contributed by atoms with E-state index in [4.69, 9.17) is 9.47 Å². The number of rotatable bonds is 4. The first-order chi connectivity index (χ1) is 10.3. The van der Waals surface area contributed by atoms with E-state index >= 15 is 0 Å². The minimum Gasteiger partial charge on any atom is -0.497 e. The third kappa shape index (κ3) is 3.19. The van der Waals surface area contributed by atoms with Crippen LogP contribution in [0.4, 0.5) is 0 Å². The van der Waals surface area contributed by atoms with Crippen molar-refractivity contribution in [2.75, 3.05) is 20.3 Å². The standard InChI is InChI=1S/C16H17NO3S/c1-19-14-3-2-12-6-11(9-20-15(12)7-14)8-17-16(18)13-4-5-21-10-13/h2-5,7,10-11H,6,8-9H2,1H3,(H,17,18). The first kappa shape index (κ1) is 13.9. The first-order valence-electron chi connectivity index (χ1n) is 6.86. The molecule has 4 nitrogen and oxygen atoms in total. The number of amides is 1. The lowest BCUT2D eigenvalue weighted by molar-refractivity contribution is 0.0939. The maximum Gasteiger partial charge on any atom is 0.252 e. The van der Waals surface area contributed by atoms with E-state index in [9.17, 15) is 4.79 Å². The highest BCUT2D eigenvalue weighted by atomic mass is 32.1. The average Bonchev–Trinajstić information content (AvgIpc) is 3.06. The highest BCUT2D eigenvalue weighted by Crippen LogP contribution is 2.30. The first-order valence-corrected chi connectivity index (χ1v) is 7.80. The van der Waals surface area contributed by atoms with Gasteiger partial charge in [0.25, 0.3) is 5.91 Å². The van der Waals surface area contributed by atoms with E-state index in [2.05, 4.69) is 5.32 Å². The largest absolute Gasteiger partial charge is 0.497 e. The number of ether oxygens (including phenoxy) is 2. The van der Waals surface area contributed by atoms with Crippen molar-refractivity contribution < 1.29 is 14.3 Å². The number of benzene rings is 1. The zero-order valence-electron chi connectivity index (χ0n) is 11.8. The molecule has 0 radical (unpaired) electrons. The minimum atomic E-state index is -0.0169. The lowest BCUT2D eigenvalue weighted by atomic mass is 9.96. The van der Waals surface area contributed by atoms with Gasteiger partial charge in [0.2, 0.25) is 0 Å². The number of hydrogen-bond acceptors (Lipinski definition) is 4. The molecule has 1 aliphatic rings. The fraction of sp³-hybridized carbons (Fsp3) is 0.312. The van der Waals surface area contributed by atoms with Crippen LogP contribution in [-0.4, -0.2) is 26.2 Å². The molecule has 1 aromatic carbocycles. The van der Waals surface area contributed by atoms with Crippen molar-refractivity contribution in [1.82, 2.24) is 5.32 Å². The second-order valence-electron chi connectivity index (χ2n) is 5.08. The van der Waals surface area contributed by atoms with E-state index in [0.29, 0.717) is 19.1 Å². The molecule has 2 heterocycles. The molecule has 110 valence electrons. The Morgan fingerprint density at radius 1 is 1.48 bits per heavy atom. The van der Waals surface area contributed by atoms with Gasteiger partial charge < -0.3 is 14.8 Å². The summed E-state index contributed by atoms with van der Waals surface area (Å²) >= 11 is 1.53. The van der Waals surface area contributed by atoms with E-state index in [0.717, 1.165) is 29.0 Å². The van der Waals surface area contributed by atoms with Crippen molar-refractivity contribution in [3.05, 3.63) is 46.2 Å². The quantitative estimate of drug-likeness (QED) is 0.945. The summed E-state index contributed by atoms with van der Waals surface area (Å²) in [6.07, 6.45) is 0.906. The van der Waals surface area contributed by atoms with Gasteiger partial charge >= 0.3 is 0 Å². The van der Waals surface area contributed by atoms with Gasteiger partial charge in [0.15, 0.2) is 0 Å². The Kier molecular flexibility index (Phi) is 4.10. The number of carbonyl (C=O) groups is 1. The molecule has 0 fully saturated rings. The van der Waals surface area contributed by atoms with Crippen LogP contribution in [0.5, 0.6) is 11.5 Å². The minimum absolute atomic E-state index is 0.0169. The molecule has 2 aromatic rings. The molecule has 1 atom stereocenters. The van der Waals surface area contributed by atoms with Crippen molar-refractivity contribution in [1.29, 1.82) is 0 Å². The van der Waals surface area contributed by atoms with E-state index in [1.807, 2.05) is 35.0 Å². The lowest BCUT2D eigenvalue weighted by Crippen LogP contribution is -2.34. The molecule has 1 unspecified atom stereocenters. The summed E-state index contributed by atoms with van der Waals surface area (Å²) in [5, 5.41) is 6.73. The summed E-state index contributed by atoms with van der Waals surface area (Å²) in [5.74, 6) is 1.97. The van der Waals surface area contributed by atoms with E-state index < -0.39 is 0 Å². The number of thiophene rings is 1. The number of fused-ring (bicyclic) bond motifs is 1. The second-order valence-corrected chi connectivity index (χ2v) is 5.86. The zero-order chi connectivity index (χ0) is 14.7. The second kappa shape index (κ2) is 6.18. The molecule has 0 spiro atoms. The van der Waals surface area contributed by atoms with Crippen LogP contribution >= 0.6 is 11.3 Å². The third-order valence-corrected chi connectivity index (χ3v) is 4.28. The molecular formula is C16H17NO3S. The van der Waals surface area contributed by atoms with Crippen molar-refractivity contribution in [2.24, 2.45) is 5.92 Å². The van der Waals surface area contributed by atoms with Gasteiger partial charge in [0.1, 0.15) is 11.5 Å². The van der Waals surface area contributed by atoms with E-state index in [1.165, 1.54) is 11.3 Å². The van der Waals surface area contributed by atoms with Crippen molar-refractivity contribution >= 4 is 17.2 Å². The third-order valence-electron chi connectivity index (χ3n) is 3.59. The van der Waals surface area contributed by atoms with Crippen LogP contribution in [-0.2, 0) is 6.42 Å². The number of nitrogens with one attached hydrogen (secondary N) is 1. The van der Waals surface area contributed by atoms with Gasteiger partial charge in [-0.1, -0.05) is 6.07 Å². The normalized spacial score (nSPS) is 16.7. The van der Waals surface area contributed by atoms with Gasteiger partial charge in [0.05, 0.1) is 13.7 Å². The molecule has 1 aliphatic heterocycles. The maximum atomic E-state index is 11.9. The zero-order valence-corrected chi connectivity index (χ0v) is 12.6. The Balaban J connectivity index is 1.58. The molecule has 1 N–H and O–H groups in total. The topological polar surface area (TPSA) is 47.6 Å². The molecule has 3 rings (SSSR count). The highest BCUT2D eigenvalue weighted by Gasteiger charge is 2.21. The Morgan fingerprint density at radius 3 is 3.14 bits per heavy atom. The van der Waals surface area contributed by atoms with Crippen LogP contribution in [0.1, 0.15) is 15.9 Å². The van der Waals surface area contributed by atoms with Gasteiger partial charge in [-0.05, 0) is 29.5 Å². The lowest BCUT2D eigenvalue weighted by Gasteiger charge is -2.25. The van der Waals surface area contributed by atoms with Crippen LogP contribution < -0.4 is 14.8 Å². The predicted octanol–water partition coefficient (Wildman–Crippen LogP) is 2.74. The highest BCUT2D eigenvalue weighted by molar-refractivity contribution is 7.08. The Bertz CT molecular complexity index is 624. The van der Waals surface area contributed by atoms with Gasteiger partial charge in [-0.2, -0.15) is 11.3 Å².